The maximum Gasteiger partial charge on any atom is 0.254 e. The number of carbonyl (C=O) groups excluding carboxylic acids is 1. The molecule has 1 saturated heterocycles. The molecule has 1 aromatic heterocycles. The molecule has 1 aromatic carbocycles. The zero-order chi connectivity index (χ0) is 13.9. The summed E-state index contributed by atoms with van der Waals surface area (Å²) in [6.07, 6.45) is -0.378. The van der Waals surface area contributed by atoms with Crippen LogP contribution in [0.25, 0.3) is 0 Å². The summed E-state index contributed by atoms with van der Waals surface area (Å²) in [5.74, 6) is 0.627. The summed E-state index contributed by atoms with van der Waals surface area (Å²) >= 11 is 1.64. The molecule has 0 unspecified atom stereocenters. The van der Waals surface area contributed by atoms with Crippen LogP contribution in [-0.2, 0) is 6.61 Å². The average molecular weight is 289 g/mol. The maximum atomic E-state index is 12.1. The molecule has 1 aliphatic rings. The SMILES string of the molecule is O=C(c1cccc(OCc2cccs2)c1)N1CC(O)C1. The number of aliphatic hydroxyl groups excluding tert-OH is 1. The van der Waals surface area contributed by atoms with Crippen molar-refractivity contribution in [2.45, 2.75) is 12.7 Å². The maximum absolute atomic E-state index is 12.1. The molecule has 0 radical (unpaired) electrons. The minimum Gasteiger partial charge on any atom is -0.488 e. The van der Waals surface area contributed by atoms with Gasteiger partial charge in [0, 0.05) is 23.5 Å². The van der Waals surface area contributed by atoms with Crippen molar-refractivity contribution in [2.75, 3.05) is 13.1 Å². The molecule has 2 heterocycles. The van der Waals surface area contributed by atoms with Gasteiger partial charge in [-0.3, -0.25) is 4.79 Å². The first kappa shape index (κ1) is 13.1. The van der Waals surface area contributed by atoms with Gasteiger partial charge >= 0.3 is 0 Å². The third kappa shape index (κ3) is 2.84. The van der Waals surface area contributed by atoms with E-state index in [0.29, 0.717) is 31.0 Å². The number of hydrogen-bond acceptors (Lipinski definition) is 4. The lowest BCUT2D eigenvalue weighted by atomic mass is 10.1. The van der Waals surface area contributed by atoms with Crippen molar-refractivity contribution in [1.29, 1.82) is 0 Å². The Morgan fingerprint density at radius 1 is 1.35 bits per heavy atom. The summed E-state index contributed by atoms with van der Waals surface area (Å²) in [7, 11) is 0. The lowest BCUT2D eigenvalue weighted by molar-refractivity contribution is 0.00587. The quantitative estimate of drug-likeness (QED) is 0.938. The third-order valence-corrected chi connectivity index (χ3v) is 4.04. The number of thiophene rings is 1. The van der Waals surface area contributed by atoms with Crippen molar-refractivity contribution in [1.82, 2.24) is 4.90 Å². The van der Waals surface area contributed by atoms with Gasteiger partial charge in [0.05, 0.1) is 6.10 Å². The Labute approximate surface area is 121 Å². The van der Waals surface area contributed by atoms with Crippen LogP contribution in [0, 0.1) is 0 Å². The second kappa shape index (κ2) is 5.64. The molecule has 4 nitrogen and oxygen atoms in total. The van der Waals surface area contributed by atoms with E-state index in [1.54, 1.807) is 28.4 Å². The Kier molecular flexibility index (Phi) is 3.71. The summed E-state index contributed by atoms with van der Waals surface area (Å²) in [4.78, 5) is 14.9. The minimum absolute atomic E-state index is 0.0585. The van der Waals surface area contributed by atoms with E-state index < -0.39 is 0 Å². The second-order valence-electron chi connectivity index (χ2n) is 4.76. The number of rotatable bonds is 4. The van der Waals surface area contributed by atoms with Crippen molar-refractivity contribution < 1.29 is 14.6 Å². The molecule has 104 valence electrons. The second-order valence-corrected chi connectivity index (χ2v) is 5.79. The zero-order valence-corrected chi connectivity index (χ0v) is 11.7. The molecule has 1 aliphatic heterocycles. The number of hydrogen-bond donors (Lipinski definition) is 1. The Balaban J connectivity index is 1.65. The number of ether oxygens (including phenoxy) is 1. The van der Waals surface area contributed by atoms with Crippen LogP contribution in [0.3, 0.4) is 0 Å². The molecule has 1 fully saturated rings. The first-order valence-electron chi connectivity index (χ1n) is 6.45. The molecular weight excluding hydrogens is 274 g/mol. The predicted molar refractivity (Wildman–Crippen MR) is 77.0 cm³/mol. The third-order valence-electron chi connectivity index (χ3n) is 3.19. The van der Waals surface area contributed by atoms with Crippen LogP contribution in [0.5, 0.6) is 5.75 Å². The fraction of sp³-hybridized carbons (Fsp3) is 0.267. The molecule has 3 rings (SSSR count). The number of carbonyl (C=O) groups is 1. The number of β-amino-alcohol motifs (C(OH)–C–C–N with tert-alkyl or cyclic N) is 1. The Bertz CT molecular complexity index is 591. The van der Waals surface area contributed by atoms with Crippen LogP contribution < -0.4 is 4.74 Å². The van der Waals surface area contributed by atoms with E-state index in [2.05, 4.69) is 0 Å². The van der Waals surface area contributed by atoms with E-state index >= 15 is 0 Å². The molecule has 0 saturated carbocycles. The molecule has 1 N–H and O–H groups in total. The van der Waals surface area contributed by atoms with Gasteiger partial charge in [0.15, 0.2) is 0 Å². The highest BCUT2D eigenvalue weighted by atomic mass is 32.1. The van der Waals surface area contributed by atoms with Gasteiger partial charge in [0.25, 0.3) is 5.91 Å². The molecule has 2 aromatic rings. The number of likely N-dealkylation sites (tertiary alicyclic amines) is 1. The van der Waals surface area contributed by atoms with E-state index in [4.69, 9.17) is 4.74 Å². The van der Waals surface area contributed by atoms with E-state index in [0.717, 1.165) is 4.88 Å². The Morgan fingerprint density at radius 2 is 2.20 bits per heavy atom. The van der Waals surface area contributed by atoms with Gasteiger partial charge in [-0.25, -0.2) is 0 Å². The lowest BCUT2D eigenvalue weighted by Gasteiger charge is -2.35. The van der Waals surface area contributed by atoms with Crippen LogP contribution in [0.15, 0.2) is 41.8 Å². The molecular formula is C15H15NO3S. The van der Waals surface area contributed by atoms with Gasteiger partial charge in [-0.15, -0.1) is 11.3 Å². The van der Waals surface area contributed by atoms with Crippen LogP contribution in [0.4, 0.5) is 0 Å². The molecule has 0 spiro atoms. The van der Waals surface area contributed by atoms with Crippen molar-refractivity contribution in [3.8, 4) is 5.75 Å². The predicted octanol–water partition coefficient (Wildman–Crippen LogP) is 2.14. The molecule has 0 bridgehead atoms. The first-order valence-corrected chi connectivity index (χ1v) is 7.33. The molecule has 20 heavy (non-hydrogen) atoms. The summed E-state index contributed by atoms with van der Waals surface area (Å²) in [6, 6.07) is 11.2. The normalized spacial score (nSPS) is 14.9. The monoisotopic (exact) mass is 289 g/mol. The molecule has 0 atom stereocenters. The van der Waals surface area contributed by atoms with Gasteiger partial charge in [0.1, 0.15) is 12.4 Å². The van der Waals surface area contributed by atoms with Gasteiger partial charge in [-0.05, 0) is 29.6 Å². The van der Waals surface area contributed by atoms with E-state index in [9.17, 15) is 9.90 Å². The van der Waals surface area contributed by atoms with Gasteiger partial charge < -0.3 is 14.7 Å². The number of aliphatic hydroxyl groups is 1. The summed E-state index contributed by atoms with van der Waals surface area (Å²) < 4.78 is 5.68. The van der Waals surface area contributed by atoms with Crippen molar-refractivity contribution >= 4 is 17.2 Å². The lowest BCUT2D eigenvalue weighted by Crippen LogP contribution is -2.53. The average Bonchev–Trinajstić information content (AvgIpc) is 2.94. The highest BCUT2D eigenvalue weighted by Crippen LogP contribution is 2.20. The zero-order valence-electron chi connectivity index (χ0n) is 10.9. The van der Waals surface area contributed by atoms with E-state index in [1.807, 2.05) is 29.6 Å². The fourth-order valence-electron chi connectivity index (χ4n) is 2.07. The standard InChI is InChI=1S/C15H15NO3S/c17-12-8-16(9-12)15(18)11-3-1-4-13(7-11)19-10-14-5-2-6-20-14/h1-7,12,17H,8-10H2. The van der Waals surface area contributed by atoms with Crippen LogP contribution in [-0.4, -0.2) is 35.1 Å². The Hall–Kier alpha value is -1.85. The summed E-state index contributed by atoms with van der Waals surface area (Å²) in [6.45, 7) is 1.34. The Morgan fingerprint density at radius 3 is 2.90 bits per heavy atom. The van der Waals surface area contributed by atoms with Crippen LogP contribution >= 0.6 is 11.3 Å². The number of amides is 1. The first-order chi connectivity index (χ1) is 9.72. The van der Waals surface area contributed by atoms with E-state index in [-0.39, 0.29) is 12.0 Å². The van der Waals surface area contributed by atoms with Crippen molar-refractivity contribution in [2.24, 2.45) is 0 Å². The van der Waals surface area contributed by atoms with Gasteiger partial charge in [0.2, 0.25) is 0 Å². The van der Waals surface area contributed by atoms with Gasteiger partial charge in [-0.2, -0.15) is 0 Å². The molecule has 1 amide bonds. The molecule has 0 aliphatic carbocycles. The minimum atomic E-state index is -0.378. The topological polar surface area (TPSA) is 49.8 Å². The number of benzene rings is 1. The molecule has 5 heteroatoms. The smallest absolute Gasteiger partial charge is 0.254 e. The van der Waals surface area contributed by atoms with Crippen LogP contribution in [0.2, 0.25) is 0 Å². The highest BCUT2D eigenvalue weighted by Gasteiger charge is 2.29. The van der Waals surface area contributed by atoms with E-state index in [1.165, 1.54) is 0 Å². The highest BCUT2D eigenvalue weighted by molar-refractivity contribution is 7.09. The summed E-state index contributed by atoms with van der Waals surface area (Å²) in [5, 5.41) is 11.2. The van der Waals surface area contributed by atoms with Gasteiger partial charge in [-0.1, -0.05) is 12.1 Å². The van der Waals surface area contributed by atoms with Crippen LogP contribution in [0.1, 0.15) is 15.2 Å². The van der Waals surface area contributed by atoms with Crippen molar-refractivity contribution in [3.63, 3.8) is 0 Å². The largest absolute Gasteiger partial charge is 0.488 e. The number of nitrogens with zero attached hydrogens (tertiary/aromatic N) is 1. The van der Waals surface area contributed by atoms with Crippen molar-refractivity contribution in [3.05, 3.63) is 52.2 Å². The fourth-order valence-corrected chi connectivity index (χ4v) is 2.69. The summed E-state index contributed by atoms with van der Waals surface area (Å²) in [5.41, 5.74) is 0.598.